The molecule has 0 radical (unpaired) electrons. The Balaban J connectivity index is 2.11. The number of aromatic amines is 1. The molecule has 0 bridgehead atoms. The maximum Gasteiger partial charge on any atom is 0.326 e. The molecule has 0 saturated heterocycles. The van der Waals surface area contributed by atoms with Crippen molar-refractivity contribution in [2.45, 2.75) is 84.0 Å². The number of benzene rings is 1. The minimum absolute atomic E-state index is 0.0448. The van der Waals surface area contributed by atoms with Gasteiger partial charge in [0.05, 0.1) is 6.04 Å². The molecule has 0 aliphatic heterocycles. The van der Waals surface area contributed by atoms with Crippen molar-refractivity contribution in [2.75, 3.05) is 6.54 Å². The first-order chi connectivity index (χ1) is 19.8. The highest BCUT2D eigenvalue weighted by molar-refractivity contribution is 5.94. The number of para-hydroxylation sites is 1. The lowest BCUT2D eigenvalue weighted by Gasteiger charge is -2.28. The molecule has 13 heteroatoms. The van der Waals surface area contributed by atoms with Crippen molar-refractivity contribution in [3.63, 3.8) is 0 Å². The Kier molecular flexibility index (Phi) is 13.3. The predicted octanol–water partition coefficient (Wildman–Crippen LogP) is 0.723. The molecule has 1 aromatic heterocycles. The monoisotopic (exact) mass is 586 g/mol. The van der Waals surface area contributed by atoms with E-state index in [1.54, 1.807) is 6.92 Å². The number of nitrogens with one attached hydrogen (secondary N) is 4. The second-order valence-corrected chi connectivity index (χ2v) is 11.1. The van der Waals surface area contributed by atoms with Crippen LogP contribution in [0.5, 0.6) is 0 Å². The Labute approximate surface area is 246 Å². The first-order valence-corrected chi connectivity index (χ1v) is 14.3. The Morgan fingerprint density at radius 2 is 1.64 bits per heavy atom. The zero-order valence-corrected chi connectivity index (χ0v) is 24.9. The minimum atomic E-state index is -1.21. The van der Waals surface area contributed by atoms with Gasteiger partial charge in [-0.3, -0.25) is 19.4 Å². The maximum absolute atomic E-state index is 13.5. The molecule has 13 nitrogen and oxygen atoms in total. The number of nitrogens with two attached hydrogens (primary N) is 3. The molecular weight excluding hydrogens is 540 g/mol. The average molecular weight is 587 g/mol. The molecule has 42 heavy (non-hydrogen) atoms. The molecule has 0 saturated carbocycles. The van der Waals surface area contributed by atoms with Gasteiger partial charge in [-0.05, 0) is 49.1 Å². The zero-order chi connectivity index (χ0) is 31.4. The van der Waals surface area contributed by atoms with Gasteiger partial charge in [0.2, 0.25) is 17.7 Å². The van der Waals surface area contributed by atoms with Gasteiger partial charge in [0.1, 0.15) is 18.1 Å². The van der Waals surface area contributed by atoms with Gasteiger partial charge in [0.15, 0.2) is 5.96 Å². The predicted molar refractivity (Wildman–Crippen MR) is 162 cm³/mol. The third kappa shape index (κ3) is 10.4. The van der Waals surface area contributed by atoms with Gasteiger partial charge in [0, 0.05) is 23.6 Å². The summed E-state index contributed by atoms with van der Waals surface area (Å²) in [7, 11) is 0. The highest BCUT2D eigenvalue weighted by Crippen LogP contribution is 2.19. The van der Waals surface area contributed by atoms with Crippen molar-refractivity contribution in [1.29, 1.82) is 0 Å². The number of hydrogen-bond acceptors (Lipinski definition) is 6. The summed E-state index contributed by atoms with van der Waals surface area (Å²) in [6, 6.07) is 3.63. The molecule has 1 aromatic carbocycles. The number of rotatable bonds is 17. The van der Waals surface area contributed by atoms with Crippen molar-refractivity contribution < 1.29 is 24.3 Å². The molecule has 0 aliphatic carbocycles. The topological polar surface area (TPSA) is 231 Å². The standard InChI is InChI=1S/C29H46N8O5/c1-5-17(4)24(27(40)35-22(28(41)42)11-8-12-33-29(31)32)37-26(39)23(13-16(2)3)36-25(38)20(30)14-18-15-34-21-10-7-6-9-19(18)21/h6-7,9-10,15-17,20,22-24,34H,5,8,11-14,30H2,1-4H3,(H,35,40)(H,36,38)(H,37,39)(H,41,42)(H4,31,32,33). The van der Waals surface area contributed by atoms with Crippen LogP contribution in [0.2, 0.25) is 0 Å². The third-order valence-corrected chi connectivity index (χ3v) is 7.14. The number of carbonyl (C=O) groups excluding carboxylic acids is 3. The Hall–Kier alpha value is -4.13. The smallest absolute Gasteiger partial charge is 0.326 e. The number of carboxylic acids is 1. The summed E-state index contributed by atoms with van der Waals surface area (Å²) in [5, 5.41) is 18.6. The lowest BCUT2D eigenvalue weighted by Crippen LogP contribution is -2.59. The maximum atomic E-state index is 13.5. The highest BCUT2D eigenvalue weighted by Gasteiger charge is 2.33. The number of nitrogens with zero attached hydrogens (tertiary/aromatic N) is 1. The number of fused-ring (bicyclic) bond motifs is 1. The van der Waals surface area contributed by atoms with E-state index in [0.29, 0.717) is 19.3 Å². The number of aromatic nitrogens is 1. The fourth-order valence-corrected chi connectivity index (χ4v) is 4.59. The van der Waals surface area contributed by atoms with Crippen LogP contribution < -0.4 is 33.2 Å². The molecule has 5 unspecified atom stereocenters. The van der Waals surface area contributed by atoms with Crippen molar-refractivity contribution in [1.82, 2.24) is 20.9 Å². The van der Waals surface area contributed by atoms with Crippen LogP contribution in [0.4, 0.5) is 0 Å². The average Bonchev–Trinajstić information content (AvgIpc) is 3.34. The van der Waals surface area contributed by atoms with E-state index in [0.717, 1.165) is 16.5 Å². The number of amides is 3. The fraction of sp³-hybridized carbons (Fsp3) is 0.552. The van der Waals surface area contributed by atoms with Crippen LogP contribution in [0.15, 0.2) is 35.5 Å². The van der Waals surface area contributed by atoms with Crippen LogP contribution in [0.25, 0.3) is 10.9 Å². The minimum Gasteiger partial charge on any atom is -0.480 e. The van der Waals surface area contributed by atoms with Crippen LogP contribution in [0, 0.1) is 11.8 Å². The van der Waals surface area contributed by atoms with Gasteiger partial charge in [-0.25, -0.2) is 4.79 Å². The van der Waals surface area contributed by atoms with E-state index in [9.17, 15) is 24.3 Å². The van der Waals surface area contributed by atoms with E-state index < -0.39 is 47.9 Å². The number of aliphatic carboxylic acids is 1. The molecule has 0 spiro atoms. The quantitative estimate of drug-likeness (QED) is 0.0746. The zero-order valence-electron chi connectivity index (χ0n) is 24.9. The largest absolute Gasteiger partial charge is 0.480 e. The third-order valence-electron chi connectivity index (χ3n) is 7.14. The van der Waals surface area contributed by atoms with Gasteiger partial charge in [-0.15, -0.1) is 0 Å². The van der Waals surface area contributed by atoms with E-state index in [1.165, 1.54) is 0 Å². The number of H-pyrrole nitrogens is 1. The van der Waals surface area contributed by atoms with Crippen LogP contribution in [-0.4, -0.2) is 70.5 Å². The van der Waals surface area contributed by atoms with Crippen LogP contribution in [0.3, 0.4) is 0 Å². The number of carboxylic acid groups (broad SMARTS) is 1. The van der Waals surface area contributed by atoms with E-state index in [1.807, 2.05) is 51.2 Å². The SMILES string of the molecule is CCC(C)C(NC(=O)C(CC(C)C)NC(=O)C(N)Cc1c[nH]c2ccccc12)C(=O)NC(CCCN=C(N)N)C(=O)O. The Bertz CT molecular complexity index is 1240. The van der Waals surface area contributed by atoms with Gasteiger partial charge >= 0.3 is 5.97 Å². The summed E-state index contributed by atoms with van der Waals surface area (Å²) >= 11 is 0. The summed E-state index contributed by atoms with van der Waals surface area (Å²) in [6.45, 7) is 7.69. The van der Waals surface area contributed by atoms with Crippen molar-refractivity contribution in [3.05, 3.63) is 36.0 Å². The van der Waals surface area contributed by atoms with Gasteiger partial charge in [-0.1, -0.05) is 52.3 Å². The molecule has 0 aliphatic rings. The first-order valence-electron chi connectivity index (χ1n) is 14.3. The lowest BCUT2D eigenvalue weighted by molar-refractivity contribution is -0.143. The van der Waals surface area contributed by atoms with E-state index in [4.69, 9.17) is 17.2 Å². The van der Waals surface area contributed by atoms with Crippen molar-refractivity contribution in [2.24, 2.45) is 34.0 Å². The second-order valence-electron chi connectivity index (χ2n) is 11.1. The molecule has 1 heterocycles. The Morgan fingerprint density at radius 1 is 0.976 bits per heavy atom. The molecule has 2 aromatic rings. The molecule has 3 amide bonds. The molecule has 2 rings (SSSR count). The summed E-state index contributed by atoms with van der Waals surface area (Å²) < 4.78 is 0. The van der Waals surface area contributed by atoms with Crippen LogP contribution >= 0.6 is 0 Å². The van der Waals surface area contributed by atoms with Crippen molar-refractivity contribution >= 4 is 40.6 Å². The fourth-order valence-electron chi connectivity index (χ4n) is 4.59. The van der Waals surface area contributed by atoms with Crippen LogP contribution in [-0.2, 0) is 25.6 Å². The number of carbonyl (C=O) groups is 4. The molecular formula is C29H46N8O5. The summed E-state index contributed by atoms with van der Waals surface area (Å²) in [5.74, 6) is -3.25. The van der Waals surface area contributed by atoms with Gasteiger partial charge in [-0.2, -0.15) is 0 Å². The summed E-state index contributed by atoms with van der Waals surface area (Å²) in [4.78, 5) is 58.6. The van der Waals surface area contributed by atoms with E-state index in [2.05, 4.69) is 25.9 Å². The molecule has 232 valence electrons. The number of hydrogen-bond donors (Lipinski definition) is 8. The summed E-state index contributed by atoms with van der Waals surface area (Å²) in [5.41, 5.74) is 18.7. The molecule has 0 fully saturated rings. The first kappa shape index (κ1) is 34.1. The molecule has 5 atom stereocenters. The van der Waals surface area contributed by atoms with Gasteiger partial charge < -0.3 is 43.2 Å². The Morgan fingerprint density at radius 3 is 2.26 bits per heavy atom. The van der Waals surface area contributed by atoms with Gasteiger partial charge in [0.25, 0.3) is 0 Å². The van der Waals surface area contributed by atoms with Crippen LogP contribution in [0.1, 0.15) is 58.9 Å². The summed E-state index contributed by atoms with van der Waals surface area (Å²) in [6.07, 6.45) is 3.36. The van der Waals surface area contributed by atoms with Crippen molar-refractivity contribution in [3.8, 4) is 0 Å². The van der Waals surface area contributed by atoms with E-state index in [-0.39, 0.29) is 37.2 Å². The lowest BCUT2D eigenvalue weighted by atomic mass is 9.96. The van der Waals surface area contributed by atoms with E-state index >= 15 is 0 Å². The normalized spacial score (nSPS) is 14.8. The number of guanidine groups is 1. The highest BCUT2D eigenvalue weighted by atomic mass is 16.4. The second kappa shape index (κ2) is 16.3. The number of aliphatic imine (C=N–C) groups is 1. The molecule has 11 N–H and O–H groups in total.